The molecule has 2 aliphatic rings. The molecule has 3 heteroatoms. The van der Waals surface area contributed by atoms with Gasteiger partial charge in [0.2, 0.25) is 0 Å². The smallest absolute Gasteiger partial charge is 0.187 e. The van der Waals surface area contributed by atoms with Gasteiger partial charge in [0.05, 0.1) is 6.04 Å². The van der Waals surface area contributed by atoms with E-state index in [1.54, 1.807) is 0 Å². The Bertz CT molecular complexity index is 742. The Labute approximate surface area is 164 Å². The van der Waals surface area contributed by atoms with Gasteiger partial charge >= 0.3 is 0 Å². The van der Waals surface area contributed by atoms with Gasteiger partial charge in [-0.05, 0) is 42.4 Å². The van der Waals surface area contributed by atoms with E-state index in [1.807, 2.05) is 0 Å². The van der Waals surface area contributed by atoms with E-state index < -0.39 is 7.92 Å². The van der Waals surface area contributed by atoms with E-state index in [4.69, 9.17) is 9.73 Å². The second-order valence-corrected chi connectivity index (χ2v) is 11.2. The lowest BCUT2D eigenvalue weighted by Crippen LogP contribution is -2.29. The monoisotopic (exact) mass is 379 g/mol. The largest absolute Gasteiger partial charge is 0.478 e. The van der Waals surface area contributed by atoms with E-state index in [0.29, 0.717) is 11.6 Å². The maximum absolute atomic E-state index is 6.19. The van der Waals surface area contributed by atoms with Crippen molar-refractivity contribution in [2.75, 3.05) is 6.61 Å². The molecule has 27 heavy (non-hydrogen) atoms. The molecule has 0 bridgehead atoms. The van der Waals surface area contributed by atoms with Gasteiger partial charge in [-0.25, -0.2) is 4.99 Å². The van der Waals surface area contributed by atoms with Gasteiger partial charge < -0.3 is 4.74 Å². The zero-order valence-corrected chi connectivity index (χ0v) is 17.5. The van der Waals surface area contributed by atoms with Crippen LogP contribution in [0, 0.1) is 11.3 Å². The lowest BCUT2D eigenvalue weighted by Gasteiger charge is -2.29. The van der Waals surface area contributed by atoms with E-state index in [-0.39, 0.29) is 11.5 Å². The number of aliphatic imine (C=N–C) groups is 1. The van der Waals surface area contributed by atoms with Gasteiger partial charge in [-0.3, -0.25) is 0 Å². The van der Waals surface area contributed by atoms with Gasteiger partial charge in [-0.1, -0.05) is 87.9 Å². The van der Waals surface area contributed by atoms with Crippen LogP contribution in [-0.4, -0.2) is 24.2 Å². The second kappa shape index (κ2) is 7.76. The van der Waals surface area contributed by atoms with Gasteiger partial charge in [-0.2, -0.15) is 0 Å². The van der Waals surface area contributed by atoms with Crippen LogP contribution in [0.5, 0.6) is 0 Å². The van der Waals surface area contributed by atoms with Crippen molar-refractivity contribution in [1.82, 2.24) is 0 Å². The fraction of sp³-hybridized carbons (Fsp3) is 0.458. The molecule has 2 nitrogen and oxygen atoms in total. The maximum Gasteiger partial charge on any atom is 0.187 e. The Hall–Kier alpha value is -1.66. The average molecular weight is 379 g/mol. The van der Waals surface area contributed by atoms with Gasteiger partial charge in [-0.15, -0.1) is 0 Å². The average Bonchev–Trinajstić information content (AvgIpc) is 3.33. The molecule has 2 unspecified atom stereocenters. The van der Waals surface area contributed by atoms with Crippen LogP contribution in [0.2, 0.25) is 0 Å². The standard InChI is InChI=1S/C24H30NOP/c1-24(2,3)22-17-26-23(25-22)20-15-10-16-21(20)27(18-11-6-4-7-12-18)19-13-8-5-9-14-19/h4-9,11-14,20-22H,10,15-17H2,1-3H3/t20?,21?,22-/m0/s1. The van der Waals surface area contributed by atoms with Crippen LogP contribution in [0.1, 0.15) is 40.0 Å². The fourth-order valence-corrected chi connectivity index (χ4v) is 7.41. The highest BCUT2D eigenvalue weighted by Gasteiger charge is 2.42. The molecule has 0 saturated heterocycles. The summed E-state index contributed by atoms with van der Waals surface area (Å²) in [4.78, 5) is 5.07. The van der Waals surface area contributed by atoms with Crippen molar-refractivity contribution in [1.29, 1.82) is 0 Å². The third-order valence-corrected chi connectivity index (χ3v) is 8.86. The molecule has 2 aromatic carbocycles. The Morgan fingerprint density at radius 3 is 2.00 bits per heavy atom. The predicted octanol–water partition coefficient (Wildman–Crippen LogP) is 5.13. The predicted molar refractivity (Wildman–Crippen MR) is 117 cm³/mol. The lowest BCUT2D eigenvalue weighted by molar-refractivity contribution is 0.229. The summed E-state index contributed by atoms with van der Waals surface area (Å²) in [5, 5.41) is 2.95. The summed E-state index contributed by atoms with van der Waals surface area (Å²) in [5.74, 6) is 1.50. The van der Waals surface area contributed by atoms with E-state index >= 15 is 0 Å². The van der Waals surface area contributed by atoms with E-state index in [9.17, 15) is 0 Å². The summed E-state index contributed by atoms with van der Waals surface area (Å²) in [7, 11) is -0.411. The summed E-state index contributed by atoms with van der Waals surface area (Å²) in [5.41, 5.74) is 0.779. The van der Waals surface area contributed by atoms with E-state index in [0.717, 1.165) is 12.5 Å². The molecule has 0 radical (unpaired) electrons. The molecule has 0 N–H and O–H groups in total. The SMILES string of the molecule is CC(C)(C)[C@@H]1COC(C2CCCC2P(c2ccccc2)c2ccccc2)=N1. The quantitative estimate of drug-likeness (QED) is 0.675. The molecule has 1 aliphatic heterocycles. The van der Waals surface area contributed by atoms with Gasteiger partial charge in [0.25, 0.3) is 0 Å². The third kappa shape index (κ3) is 3.97. The van der Waals surface area contributed by atoms with Crippen molar-refractivity contribution in [3.05, 3.63) is 60.7 Å². The fourth-order valence-electron chi connectivity index (χ4n) is 4.29. The van der Waals surface area contributed by atoms with Crippen LogP contribution in [0.4, 0.5) is 0 Å². The summed E-state index contributed by atoms with van der Waals surface area (Å²) in [6.45, 7) is 7.54. The molecule has 2 aromatic rings. The molecule has 0 spiro atoms. The van der Waals surface area contributed by atoms with Crippen molar-refractivity contribution in [3.63, 3.8) is 0 Å². The van der Waals surface area contributed by atoms with E-state index in [1.165, 1.54) is 29.9 Å². The minimum absolute atomic E-state index is 0.166. The highest BCUT2D eigenvalue weighted by Crippen LogP contribution is 2.51. The minimum atomic E-state index is -0.411. The molecule has 0 aromatic heterocycles. The number of hydrogen-bond acceptors (Lipinski definition) is 2. The minimum Gasteiger partial charge on any atom is -0.478 e. The highest BCUT2D eigenvalue weighted by atomic mass is 31.1. The molecular weight excluding hydrogens is 349 g/mol. The topological polar surface area (TPSA) is 21.6 Å². The first-order valence-corrected chi connectivity index (χ1v) is 11.5. The Kier molecular flexibility index (Phi) is 5.37. The Morgan fingerprint density at radius 2 is 1.48 bits per heavy atom. The third-order valence-electron chi connectivity index (χ3n) is 5.87. The Morgan fingerprint density at radius 1 is 0.889 bits per heavy atom. The van der Waals surface area contributed by atoms with Gasteiger partial charge in [0.1, 0.15) is 6.61 Å². The van der Waals surface area contributed by atoms with E-state index in [2.05, 4.69) is 81.4 Å². The number of hydrogen-bond donors (Lipinski definition) is 0. The first kappa shape index (κ1) is 18.7. The van der Waals surface area contributed by atoms with Crippen molar-refractivity contribution in [2.45, 2.75) is 51.7 Å². The Balaban J connectivity index is 1.68. The van der Waals surface area contributed by atoms with Crippen LogP contribution < -0.4 is 10.6 Å². The second-order valence-electron chi connectivity index (χ2n) is 8.81. The van der Waals surface area contributed by atoms with Gasteiger partial charge in [0, 0.05) is 5.92 Å². The molecule has 1 heterocycles. The van der Waals surface area contributed by atoms with Crippen molar-refractivity contribution in [2.24, 2.45) is 16.3 Å². The van der Waals surface area contributed by atoms with Crippen LogP contribution in [0.15, 0.2) is 65.7 Å². The van der Waals surface area contributed by atoms with Crippen LogP contribution in [0.25, 0.3) is 0 Å². The number of rotatable bonds is 4. The zero-order valence-electron chi connectivity index (χ0n) is 16.6. The normalized spacial score (nSPS) is 25.5. The van der Waals surface area contributed by atoms with Crippen molar-refractivity contribution in [3.8, 4) is 0 Å². The van der Waals surface area contributed by atoms with Crippen LogP contribution in [0.3, 0.4) is 0 Å². The van der Waals surface area contributed by atoms with Gasteiger partial charge in [0.15, 0.2) is 5.90 Å². The first-order valence-electron chi connectivity index (χ1n) is 10.1. The molecule has 142 valence electrons. The van der Waals surface area contributed by atoms with Crippen molar-refractivity contribution < 1.29 is 4.74 Å². The highest BCUT2D eigenvalue weighted by molar-refractivity contribution is 7.73. The number of benzene rings is 2. The molecule has 1 fully saturated rings. The molecular formula is C24H30NOP. The van der Waals surface area contributed by atoms with Crippen LogP contribution >= 0.6 is 7.92 Å². The lowest BCUT2D eigenvalue weighted by atomic mass is 9.88. The number of ether oxygens (including phenoxy) is 1. The summed E-state index contributed by atoms with van der Waals surface area (Å²) < 4.78 is 6.19. The number of nitrogens with zero attached hydrogens (tertiary/aromatic N) is 1. The van der Waals surface area contributed by atoms with Crippen molar-refractivity contribution >= 4 is 24.4 Å². The zero-order chi connectivity index (χ0) is 18.9. The maximum atomic E-state index is 6.19. The van der Waals surface area contributed by atoms with Crippen LogP contribution in [-0.2, 0) is 4.74 Å². The molecule has 0 amide bonds. The molecule has 1 saturated carbocycles. The molecule has 1 aliphatic carbocycles. The molecule has 3 atom stereocenters. The summed E-state index contributed by atoms with van der Waals surface area (Å²) >= 11 is 0. The summed E-state index contributed by atoms with van der Waals surface area (Å²) in [6, 6.07) is 22.5. The first-order chi connectivity index (χ1) is 13.0. The molecule has 4 rings (SSSR count). The summed E-state index contributed by atoms with van der Waals surface area (Å²) in [6.07, 6.45) is 3.75.